The monoisotopic (exact) mass is 409 g/mol. The van der Waals surface area contributed by atoms with Gasteiger partial charge in [-0.2, -0.15) is 0 Å². The summed E-state index contributed by atoms with van der Waals surface area (Å²) in [5.74, 6) is 0.955. The van der Waals surface area contributed by atoms with Crippen molar-refractivity contribution in [1.29, 1.82) is 0 Å². The smallest absolute Gasteiger partial charge is 0.264 e. The Morgan fingerprint density at radius 3 is 2.88 bits per heavy atom. The lowest BCUT2D eigenvalue weighted by Crippen LogP contribution is -2.20. The van der Waals surface area contributed by atoms with Crippen molar-refractivity contribution < 1.29 is 9.53 Å². The molecule has 1 amide bonds. The van der Waals surface area contributed by atoms with E-state index in [2.05, 4.69) is 31.4 Å². The molecule has 2 aromatic rings. The Bertz CT molecular complexity index is 714. The first-order valence-electron chi connectivity index (χ1n) is 8.14. The van der Waals surface area contributed by atoms with E-state index in [9.17, 15) is 4.79 Å². The molecule has 7 heteroatoms. The standard InChI is InChI=1S/C17H20BrN3O2S/c1-11-9-13(7-8-14(11)18)23-10-15(22)19-17-21-20-16(24-17)12-5-3-2-4-6-12/h7-9,12H,2-6,10H2,1H3,(H,19,21,22). The molecule has 0 radical (unpaired) electrons. The van der Waals surface area contributed by atoms with Gasteiger partial charge in [0.1, 0.15) is 10.8 Å². The second-order valence-corrected chi connectivity index (χ2v) is 7.89. The lowest BCUT2D eigenvalue weighted by atomic mass is 9.90. The number of carbonyl (C=O) groups excluding carboxylic acids is 1. The number of benzene rings is 1. The topological polar surface area (TPSA) is 64.1 Å². The molecule has 1 heterocycles. The molecule has 0 saturated heterocycles. The van der Waals surface area contributed by atoms with Gasteiger partial charge in [0.25, 0.3) is 5.91 Å². The van der Waals surface area contributed by atoms with Crippen LogP contribution in [0.1, 0.15) is 48.6 Å². The van der Waals surface area contributed by atoms with Crippen molar-refractivity contribution in [1.82, 2.24) is 10.2 Å². The maximum absolute atomic E-state index is 12.0. The third-order valence-corrected chi connectivity index (χ3v) is 6.03. The molecule has 3 rings (SSSR count). The van der Waals surface area contributed by atoms with Crippen LogP contribution < -0.4 is 10.1 Å². The summed E-state index contributed by atoms with van der Waals surface area (Å²) in [5, 5.41) is 12.7. The number of aromatic nitrogens is 2. The zero-order chi connectivity index (χ0) is 16.9. The summed E-state index contributed by atoms with van der Waals surface area (Å²) in [6.07, 6.45) is 6.17. The van der Waals surface area contributed by atoms with E-state index >= 15 is 0 Å². The SMILES string of the molecule is Cc1cc(OCC(=O)Nc2nnc(C3CCCCC3)s2)ccc1Br. The highest BCUT2D eigenvalue weighted by molar-refractivity contribution is 9.10. The van der Waals surface area contributed by atoms with Crippen LogP contribution in [0.5, 0.6) is 5.75 Å². The predicted molar refractivity (Wildman–Crippen MR) is 98.7 cm³/mol. The van der Waals surface area contributed by atoms with Gasteiger partial charge in [-0.25, -0.2) is 0 Å². The van der Waals surface area contributed by atoms with Crippen LogP contribution in [0.4, 0.5) is 5.13 Å². The Morgan fingerprint density at radius 1 is 1.33 bits per heavy atom. The van der Waals surface area contributed by atoms with E-state index in [0.717, 1.165) is 15.0 Å². The van der Waals surface area contributed by atoms with Crippen LogP contribution in [-0.2, 0) is 4.79 Å². The van der Waals surface area contributed by atoms with Gasteiger partial charge < -0.3 is 4.74 Å². The highest BCUT2D eigenvalue weighted by Crippen LogP contribution is 2.35. The van der Waals surface area contributed by atoms with Crippen molar-refractivity contribution in [3.63, 3.8) is 0 Å². The first-order chi connectivity index (χ1) is 11.6. The van der Waals surface area contributed by atoms with E-state index in [4.69, 9.17) is 4.74 Å². The molecule has 0 bridgehead atoms. The minimum atomic E-state index is -0.220. The molecule has 1 saturated carbocycles. The fraction of sp³-hybridized carbons (Fsp3) is 0.471. The summed E-state index contributed by atoms with van der Waals surface area (Å²) in [7, 11) is 0. The molecule has 0 unspecified atom stereocenters. The van der Waals surface area contributed by atoms with Gasteiger partial charge >= 0.3 is 0 Å². The summed E-state index contributed by atoms with van der Waals surface area (Å²) in [5.41, 5.74) is 1.06. The number of carbonyl (C=O) groups is 1. The van der Waals surface area contributed by atoms with E-state index in [0.29, 0.717) is 16.8 Å². The van der Waals surface area contributed by atoms with Crippen LogP contribution in [-0.4, -0.2) is 22.7 Å². The number of halogens is 1. The van der Waals surface area contributed by atoms with Gasteiger partial charge in [-0.05, 0) is 43.5 Å². The van der Waals surface area contributed by atoms with Gasteiger partial charge in [0, 0.05) is 10.4 Å². The minimum absolute atomic E-state index is 0.0422. The Kier molecular flexibility index (Phi) is 5.84. The second-order valence-electron chi connectivity index (χ2n) is 6.03. The second kappa shape index (κ2) is 8.07. The summed E-state index contributed by atoms with van der Waals surface area (Å²) < 4.78 is 6.54. The summed E-state index contributed by atoms with van der Waals surface area (Å²) in [6.45, 7) is 1.93. The lowest BCUT2D eigenvalue weighted by molar-refractivity contribution is -0.118. The number of nitrogens with one attached hydrogen (secondary N) is 1. The maximum Gasteiger partial charge on any atom is 0.264 e. The van der Waals surface area contributed by atoms with Gasteiger partial charge in [0.15, 0.2) is 6.61 Å². The first-order valence-corrected chi connectivity index (χ1v) is 9.75. The van der Waals surface area contributed by atoms with E-state index < -0.39 is 0 Å². The minimum Gasteiger partial charge on any atom is -0.484 e. The normalized spacial score (nSPS) is 15.2. The maximum atomic E-state index is 12.0. The number of ether oxygens (including phenoxy) is 1. The molecule has 1 aromatic carbocycles. The van der Waals surface area contributed by atoms with E-state index in [1.165, 1.54) is 43.4 Å². The summed E-state index contributed by atoms with van der Waals surface area (Å²) in [4.78, 5) is 12.0. The quantitative estimate of drug-likeness (QED) is 0.778. The number of rotatable bonds is 5. The molecule has 0 aliphatic heterocycles. The highest BCUT2D eigenvalue weighted by Gasteiger charge is 2.20. The van der Waals surface area contributed by atoms with Gasteiger partial charge in [0.2, 0.25) is 5.13 Å². The van der Waals surface area contributed by atoms with Gasteiger partial charge in [-0.3, -0.25) is 10.1 Å². The Morgan fingerprint density at radius 2 is 2.12 bits per heavy atom. The van der Waals surface area contributed by atoms with Crippen molar-refractivity contribution in [2.45, 2.75) is 44.9 Å². The average molecular weight is 410 g/mol. The van der Waals surface area contributed by atoms with E-state index in [1.807, 2.05) is 25.1 Å². The summed E-state index contributed by atoms with van der Waals surface area (Å²) >= 11 is 4.92. The van der Waals surface area contributed by atoms with Crippen LogP contribution >= 0.6 is 27.3 Å². The highest BCUT2D eigenvalue weighted by atomic mass is 79.9. The third-order valence-electron chi connectivity index (χ3n) is 4.14. The number of aryl methyl sites for hydroxylation is 1. The zero-order valence-electron chi connectivity index (χ0n) is 13.5. The molecular weight excluding hydrogens is 390 g/mol. The van der Waals surface area contributed by atoms with Gasteiger partial charge in [-0.15, -0.1) is 10.2 Å². The molecule has 1 aliphatic carbocycles. The predicted octanol–water partition coefficient (Wildman–Crippen LogP) is 4.67. The van der Waals surface area contributed by atoms with Gasteiger partial charge in [0.05, 0.1) is 0 Å². The van der Waals surface area contributed by atoms with E-state index in [-0.39, 0.29) is 12.5 Å². The van der Waals surface area contributed by atoms with Crippen LogP contribution in [0.2, 0.25) is 0 Å². The van der Waals surface area contributed by atoms with Crippen molar-refractivity contribution in [2.75, 3.05) is 11.9 Å². The van der Waals surface area contributed by atoms with Crippen LogP contribution in [0.3, 0.4) is 0 Å². The molecule has 1 N–H and O–H groups in total. The molecule has 24 heavy (non-hydrogen) atoms. The lowest BCUT2D eigenvalue weighted by Gasteiger charge is -2.18. The van der Waals surface area contributed by atoms with E-state index in [1.54, 1.807) is 0 Å². The van der Waals surface area contributed by atoms with Crippen molar-refractivity contribution in [3.8, 4) is 5.75 Å². The van der Waals surface area contributed by atoms with Crippen LogP contribution in [0.15, 0.2) is 22.7 Å². The third kappa shape index (κ3) is 4.54. The number of nitrogens with zero attached hydrogens (tertiary/aromatic N) is 2. The molecule has 1 aromatic heterocycles. The average Bonchev–Trinajstić information content (AvgIpc) is 3.05. The number of amides is 1. The Hall–Kier alpha value is -1.47. The molecule has 5 nitrogen and oxygen atoms in total. The number of hydrogen-bond donors (Lipinski definition) is 1. The molecular formula is C17H20BrN3O2S. The van der Waals surface area contributed by atoms with Crippen LogP contribution in [0, 0.1) is 6.92 Å². The summed E-state index contributed by atoms with van der Waals surface area (Å²) in [6, 6.07) is 5.63. The number of anilines is 1. The van der Waals surface area contributed by atoms with Crippen molar-refractivity contribution >= 4 is 38.3 Å². The largest absolute Gasteiger partial charge is 0.484 e. The first kappa shape index (κ1) is 17.4. The fourth-order valence-corrected chi connectivity index (χ4v) is 3.99. The molecule has 1 fully saturated rings. The molecule has 0 spiro atoms. The molecule has 0 atom stereocenters. The molecule has 128 valence electrons. The van der Waals surface area contributed by atoms with Gasteiger partial charge in [-0.1, -0.05) is 46.5 Å². The van der Waals surface area contributed by atoms with Crippen molar-refractivity contribution in [2.24, 2.45) is 0 Å². The van der Waals surface area contributed by atoms with Crippen molar-refractivity contribution in [3.05, 3.63) is 33.2 Å². The Labute approximate surface area is 154 Å². The number of hydrogen-bond acceptors (Lipinski definition) is 5. The molecule has 1 aliphatic rings. The Balaban J connectivity index is 1.51. The fourth-order valence-electron chi connectivity index (χ4n) is 2.81. The zero-order valence-corrected chi connectivity index (χ0v) is 16.0. The van der Waals surface area contributed by atoms with Crippen LogP contribution in [0.25, 0.3) is 0 Å².